The normalized spacial score (nSPS) is 13.7. The number of nitrogens with one attached hydrogen (secondary N) is 1. The number of nitrogens with two attached hydrogens (primary N) is 1. The van der Waals surface area contributed by atoms with E-state index in [1.54, 1.807) is 6.92 Å². The van der Waals surface area contributed by atoms with Crippen molar-refractivity contribution < 1.29 is 13.2 Å². The van der Waals surface area contributed by atoms with Crippen LogP contribution in [-0.2, 0) is 14.8 Å². The average molecular weight is 261 g/mol. The molecule has 0 amide bonds. The Kier molecular flexibility index (Phi) is 9.68. The van der Waals surface area contributed by atoms with Crippen molar-refractivity contribution in [3.05, 3.63) is 0 Å². The number of sulfonamides is 1. The summed E-state index contributed by atoms with van der Waals surface area (Å²) in [5.41, 5.74) is 5.30. The molecule has 0 bridgehead atoms. The predicted octanol–water partition coefficient (Wildman–Crippen LogP) is 0.0998. The molecule has 0 heterocycles. The Labute approximate surface area is 98.2 Å². The van der Waals surface area contributed by atoms with Crippen LogP contribution in [0.5, 0.6) is 0 Å². The van der Waals surface area contributed by atoms with Gasteiger partial charge in [0.15, 0.2) is 0 Å². The molecule has 5 nitrogen and oxygen atoms in total. The van der Waals surface area contributed by atoms with Gasteiger partial charge in [-0.2, -0.15) is 0 Å². The molecule has 1 atom stereocenters. The highest BCUT2D eigenvalue weighted by Gasteiger charge is 2.13. The Morgan fingerprint density at radius 2 is 1.87 bits per heavy atom. The lowest BCUT2D eigenvalue weighted by molar-refractivity contribution is 0.0911. The Hall–Kier alpha value is 0.120. The van der Waals surface area contributed by atoms with Crippen LogP contribution in [0, 0.1) is 0 Å². The SMILES string of the molecule is CC(C)OCCS(=O)(=O)N[C@@H](C)CN.Cl. The van der Waals surface area contributed by atoms with Crippen LogP contribution in [0.4, 0.5) is 0 Å². The van der Waals surface area contributed by atoms with Crippen molar-refractivity contribution in [1.82, 2.24) is 4.72 Å². The molecular weight excluding hydrogens is 240 g/mol. The summed E-state index contributed by atoms with van der Waals surface area (Å²) in [5, 5.41) is 0. The van der Waals surface area contributed by atoms with Crippen LogP contribution in [-0.4, -0.2) is 39.5 Å². The molecule has 0 saturated carbocycles. The summed E-state index contributed by atoms with van der Waals surface area (Å²) in [6.07, 6.45) is 0.0529. The van der Waals surface area contributed by atoms with E-state index in [9.17, 15) is 8.42 Å². The van der Waals surface area contributed by atoms with Gasteiger partial charge in [0.2, 0.25) is 10.0 Å². The van der Waals surface area contributed by atoms with Gasteiger partial charge in [0.1, 0.15) is 0 Å². The zero-order valence-corrected chi connectivity index (χ0v) is 11.0. The molecule has 0 aliphatic heterocycles. The van der Waals surface area contributed by atoms with Gasteiger partial charge < -0.3 is 10.5 Å². The van der Waals surface area contributed by atoms with Crippen molar-refractivity contribution in [3.8, 4) is 0 Å². The molecule has 7 heteroatoms. The molecule has 0 rings (SSSR count). The molecule has 0 aromatic carbocycles. The van der Waals surface area contributed by atoms with E-state index in [1.165, 1.54) is 0 Å². The predicted molar refractivity (Wildman–Crippen MR) is 63.8 cm³/mol. The third-order valence-electron chi connectivity index (χ3n) is 1.54. The summed E-state index contributed by atoms with van der Waals surface area (Å²) >= 11 is 0. The second-order valence-corrected chi connectivity index (χ2v) is 5.37. The van der Waals surface area contributed by atoms with Gasteiger partial charge in [0, 0.05) is 12.6 Å². The van der Waals surface area contributed by atoms with Gasteiger partial charge in [-0.05, 0) is 20.8 Å². The summed E-state index contributed by atoms with van der Waals surface area (Å²) < 4.78 is 30.3. The summed E-state index contributed by atoms with van der Waals surface area (Å²) in [6.45, 7) is 5.96. The minimum absolute atomic E-state index is 0. The van der Waals surface area contributed by atoms with Gasteiger partial charge in [-0.1, -0.05) is 0 Å². The van der Waals surface area contributed by atoms with Gasteiger partial charge in [-0.15, -0.1) is 12.4 Å². The second kappa shape index (κ2) is 8.29. The highest BCUT2D eigenvalue weighted by Crippen LogP contribution is 1.92. The highest BCUT2D eigenvalue weighted by molar-refractivity contribution is 7.89. The molecular formula is C8H21ClN2O3S. The number of halogens is 1. The average Bonchev–Trinajstić information content (AvgIpc) is 2.02. The summed E-state index contributed by atoms with van der Waals surface area (Å²) in [6, 6.07) is -0.223. The van der Waals surface area contributed by atoms with Gasteiger partial charge in [-0.25, -0.2) is 13.1 Å². The lowest BCUT2D eigenvalue weighted by atomic mass is 10.4. The molecule has 3 N–H and O–H groups in total. The highest BCUT2D eigenvalue weighted by atomic mass is 35.5. The molecule has 0 aliphatic carbocycles. The maximum Gasteiger partial charge on any atom is 0.214 e. The van der Waals surface area contributed by atoms with Crippen molar-refractivity contribution in [2.24, 2.45) is 5.73 Å². The first-order chi connectivity index (χ1) is 6.37. The van der Waals surface area contributed by atoms with Crippen LogP contribution in [0.2, 0.25) is 0 Å². The molecule has 0 unspecified atom stereocenters. The van der Waals surface area contributed by atoms with Crippen molar-refractivity contribution in [3.63, 3.8) is 0 Å². The van der Waals surface area contributed by atoms with Crippen LogP contribution >= 0.6 is 12.4 Å². The molecule has 0 spiro atoms. The van der Waals surface area contributed by atoms with E-state index < -0.39 is 10.0 Å². The summed E-state index contributed by atoms with van der Waals surface area (Å²) in [4.78, 5) is 0. The smallest absolute Gasteiger partial charge is 0.214 e. The van der Waals surface area contributed by atoms with Crippen molar-refractivity contribution >= 4 is 22.4 Å². The van der Waals surface area contributed by atoms with E-state index in [1.807, 2.05) is 13.8 Å². The zero-order valence-electron chi connectivity index (χ0n) is 9.39. The van der Waals surface area contributed by atoms with E-state index in [2.05, 4.69) is 4.72 Å². The van der Waals surface area contributed by atoms with Crippen LogP contribution in [0.3, 0.4) is 0 Å². The standard InChI is InChI=1S/C8H20N2O3S.ClH/c1-7(2)13-4-5-14(11,12)10-8(3)6-9;/h7-8,10H,4-6,9H2,1-3H3;1H/t8-;/m0./s1. The molecule has 0 aromatic rings. The second-order valence-electron chi connectivity index (χ2n) is 3.49. The number of hydrogen-bond donors (Lipinski definition) is 2. The first-order valence-corrected chi connectivity index (χ1v) is 6.34. The Morgan fingerprint density at radius 1 is 1.33 bits per heavy atom. The van der Waals surface area contributed by atoms with Crippen molar-refractivity contribution in [2.75, 3.05) is 18.9 Å². The molecule has 0 aromatic heterocycles. The Balaban J connectivity index is 0. The summed E-state index contributed by atoms with van der Waals surface area (Å²) in [5.74, 6) is -0.0183. The molecule has 0 radical (unpaired) electrons. The van der Waals surface area contributed by atoms with Gasteiger partial charge >= 0.3 is 0 Å². The van der Waals surface area contributed by atoms with Crippen LogP contribution in [0.15, 0.2) is 0 Å². The monoisotopic (exact) mass is 260 g/mol. The van der Waals surface area contributed by atoms with E-state index in [0.29, 0.717) is 6.54 Å². The Bertz CT molecular complexity index is 244. The summed E-state index contributed by atoms with van der Waals surface area (Å²) in [7, 11) is -3.24. The fraction of sp³-hybridized carbons (Fsp3) is 1.00. The number of ether oxygens (including phenoxy) is 1. The van der Waals surface area contributed by atoms with E-state index in [-0.39, 0.29) is 36.9 Å². The van der Waals surface area contributed by atoms with Crippen LogP contribution < -0.4 is 10.5 Å². The van der Waals surface area contributed by atoms with Crippen molar-refractivity contribution in [2.45, 2.75) is 32.9 Å². The quantitative estimate of drug-likeness (QED) is 0.680. The largest absolute Gasteiger partial charge is 0.378 e. The maximum absolute atomic E-state index is 11.3. The molecule has 0 aliphatic rings. The first kappa shape index (κ1) is 17.5. The number of hydrogen-bond acceptors (Lipinski definition) is 4. The van der Waals surface area contributed by atoms with Crippen molar-refractivity contribution in [1.29, 1.82) is 0 Å². The molecule has 15 heavy (non-hydrogen) atoms. The lowest BCUT2D eigenvalue weighted by Crippen LogP contribution is -2.39. The number of rotatable bonds is 7. The van der Waals surface area contributed by atoms with E-state index >= 15 is 0 Å². The Morgan fingerprint density at radius 3 is 2.27 bits per heavy atom. The van der Waals surface area contributed by atoms with E-state index in [4.69, 9.17) is 10.5 Å². The van der Waals surface area contributed by atoms with Gasteiger partial charge in [-0.3, -0.25) is 0 Å². The maximum atomic E-state index is 11.3. The fourth-order valence-electron chi connectivity index (χ4n) is 0.807. The minimum atomic E-state index is -3.24. The fourth-order valence-corrected chi connectivity index (χ4v) is 1.95. The zero-order chi connectivity index (χ0) is 11.2. The third-order valence-corrected chi connectivity index (χ3v) is 3.00. The minimum Gasteiger partial charge on any atom is -0.378 e. The lowest BCUT2D eigenvalue weighted by Gasteiger charge is -2.12. The molecule has 0 saturated heterocycles. The third kappa shape index (κ3) is 10.4. The molecule has 0 fully saturated rings. The van der Waals surface area contributed by atoms with Gasteiger partial charge in [0.05, 0.1) is 18.5 Å². The van der Waals surface area contributed by atoms with E-state index in [0.717, 1.165) is 0 Å². The molecule has 94 valence electrons. The van der Waals surface area contributed by atoms with Gasteiger partial charge in [0.25, 0.3) is 0 Å². The van der Waals surface area contributed by atoms with Crippen LogP contribution in [0.1, 0.15) is 20.8 Å². The van der Waals surface area contributed by atoms with Crippen LogP contribution in [0.25, 0.3) is 0 Å². The topological polar surface area (TPSA) is 81.4 Å². The first-order valence-electron chi connectivity index (χ1n) is 4.69.